The van der Waals surface area contributed by atoms with Crippen molar-refractivity contribution in [3.05, 3.63) is 0 Å². The number of alkyl halides is 1. The van der Waals surface area contributed by atoms with Gasteiger partial charge in [-0.15, -0.1) is 0 Å². The van der Waals surface area contributed by atoms with Crippen LogP contribution >= 0.6 is 15.9 Å². The fourth-order valence-electron chi connectivity index (χ4n) is 1.96. The molecular weight excluding hydrogens is 242 g/mol. The number of hydrogen-bond acceptors (Lipinski definition) is 2. The fourth-order valence-corrected chi connectivity index (χ4v) is 2.36. The van der Waals surface area contributed by atoms with Crippen LogP contribution in [0, 0.1) is 5.92 Å². The van der Waals surface area contributed by atoms with Crippen LogP contribution in [0.3, 0.4) is 0 Å². The fraction of sp³-hybridized carbons (Fsp3) is 1.00. The van der Waals surface area contributed by atoms with Crippen LogP contribution < -0.4 is 0 Å². The number of hydrogen-bond donors (Lipinski definition) is 0. The minimum Gasteiger partial charge on any atom is -0.381 e. The smallest absolute Gasteiger partial charge is 0.0506 e. The third kappa shape index (κ3) is 5.32. The average Bonchev–Trinajstić information content (AvgIpc) is 2.20. The monoisotopic (exact) mass is 263 g/mol. The molecule has 1 saturated heterocycles. The Morgan fingerprint density at radius 3 is 2.93 bits per heavy atom. The van der Waals surface area contributed by atoms with Crippen LogP contribution in [0.5, 0.6) is 0 Å². The third-order valence-corrected chi connectivity index (χ3v) is 3.31. The van der Waals surface area contributed by atoms with Gasteiger partial charge in [-0.1, -0.05) is 15.9 Å². The number of nitrogens with zero attached hydrogens (tertiary/aromatic N) is 1. The zero-order chi connectivity index (χ0) is 10.2. The molecule has 0 aromatic carbocycles. The molecule has 1 rings (SSSR count). The Morgan fingerprint density at radius 2 is 2.29 bits per heavy atom. The molecule has 0 aromatic rings. The van der Waals surface area contributed by atoms with Crippen molar-refractivity contribution in [2.75, 3.05) is 38.7 Å². The Morgan fingerprint density at radius 1 is 1.43 bits per heavy atom. The Kier molecular flexibility index (Phi) is 6.82. The van der Waals surface area contributed by atoms with E-state index in [2.05, 4.69) is 27.9 Å². The van der Waals surface area contributed by atoms with Gasteiger partial charge < -0.3 is 9.64 Å². The van der Waals surface area contributed by atoms with E-state index in [0.29, 0.717) is 0 Å². The second-order valence-corrected chi connectivity index (χ2v) is 5.03. The van der Waals surface area contributed by atoms with Crippen LogP contribution in [0.1, 0.15) is 25.7 Å². The second kappa shape index (κ2) is 7.66. The van der Waals surface area contributed by atoms with Gasteiger partial charge in [0.2, 0.25) is 0 Å². The molecule has 1 fully saturated rings. The highest BCUT2D eigenvalue weighted by Gasteiger charge is 2.15. The molecule has 84 valence electrons. The lowest BCUT2D eigenvalue weighted by atomic mass is 10.0. The molecule has 1 aliphatic rings. The second-order valence-electron chi connectivity index (χ2n) is 4.24. The highest BCUT2D eigenvalue weighted by atomic mass is 79.9. The predicted octanol–water partition coefficient (Wildman–Crippen LogP) is 2.52. The minimum atomic E-state index is 0.776. The topological polar surface area (TPSA) is 12.5 Å². The van der Waals surface area contributed by atoms with Gasteiger partial charge in [-0.05, 0) is 45.2 Å². The van der Waals surface area contributed by atoms with E-state index in [4.69, 9.17) is 4.74 Å². The van der Waals surface area contributed by atoms with Crippen LogP contribution in [0.4, 0.5) is 0 Å². The maximum absolute atomic E-state index is 5.47. The summed E-state index contributed by atoms with van der Waals surface area (Å²) in [7, 11) is 2.23. The molecule has 3 heteroatoms. The van der Waals surface area contributed by atoms with Gasteiger partial charge in [0.25, 0.3) is 0 Å². The molecule has 0 spiro atoms. The Bertz CT molecular complexity index is 137. The molecule has 1 atom stereocenters. The first-order chi connectivity index (χ1) is 6.83. The standard InChI is InChI=1S/C11H22BrNO/c1-13(7-3-2-6-12)9-11-5-4-8-14-10-11/h11H,2-10H2,1H3. The largest absolute Gasteiger partial charge is 0.381 e. The summed E-state index contributed by atoms with van der Waals surface area (Å²) in [6.45, 7) is 4.39. The van der Waals surface area contributed by atoms with Crippen LogP contribution in [0.2, 0.25) is 0 Å². The molecule has 0 bridgehead atoms. The van der Waals surface area contributed by atoms with E-state index in [-0.39, 0.29) is 0 Å². The molecule has 2 nitrogen and oxygen atoms in total. The van der Waals surface area contributed by atoms with E-state index in [1.807, 2.05) is 0 Å². The first kappa shape index (κ1) is 12.5. The maximum Gasteiger partial charge on any atom is 0.0506 e. The molecular formula is C11H22BrNO. The molecule has 0 saturated carbocycles. The highest BCUT2D eigenvalue weighted by Crippen LogP contribution is 2.14. The summed E-state index contributed by atoms with van der Waals surface area (Å²) in [5.41, 5.74) is 0. The van der Waals surface area contributed by atoms with Crippen molar-refractivity contribution in [1.29, 1.82) is 0 Å². The Hall–Kier alpha value is 0.400. The van der Waals surface area contributed by atoms with Crippen molar-refractivity contribution < 1.29 is 4.74 Å². The van der Waals surface area contributed by atoms with Gasteiger partial charge in [-0.2, -0.15) is 0 Å². The average molecular weight is 264 g/mol. The van der Waals surface area contributed by atoms with E-state index in [0.717, 1.165) is 24.5 Å². The Balaban J connectivity index is 2.03. The van der Waals surface area contributed by atoms with Gasteiger partial charge in [0.1, 0.15) is 0 Å². The minimum absolute atomic E-state index is 0.776. The molecule has 0 radical (unpaired) electrons. The molecule has 1 aliphatic heterocycles. The van der Waals surface area contributed by atoms with Crippen LogP contribution in [-0.4, -0.2) is 43.6 Å². The first-order valence-electron chi connectivity index (χ1n) is 5.65. The molecule has 0 N–H and O–H groups in total. The van der Waals surface area contributed by atoms with Gasteiger partial charge in [0.15, 0.2) is 0 Å². The quantitative estimate of drug-likeness (QED) is 0.540. The molecule has 0 amide bonds. The van der Waals surface area contributed by atoms with Crippen LogP contribution in [0.15, 0.2) is 0 Å². The van der Waals surface area contributed by atoms with Crippen LogP contribution in [0.25, 0.3) is 0 Å². The van der Waals surface area contributed by atoms with Gasteiger partial charge in [-0.25, -0.2) is 0 Å². The summed E-state index contributed by atoms with van der Waals surface area (Å²) in [5, 5.41) is 1.13. The van der Waals surface area contributed by atoms with Crippen LogP contribution in [-0.2, 0) is 4.74 Å². The number of halogens is 1. The Labute approximate surface area is 96.1 Å². The lowest BCUT2D eigenvalue weighted by molar-refractivity contribution is 0.0419. The summed E-state index contributed by atoms with van der Waals surface area (Å²) < 4.78 is 5.47. The van der Waals surface area contributed by atoms with Gasteiger partial charge in [0.05, 0.1) is 6.61 Å². The highest BCUT2D eigenvalue weighted by molar-refractivity contribution is 9.09. The number of ether oxygens (including phenoxy) is 1. The van der Waals surface area contributed by atoms with Crippen molar-refractivity contribution >= 4 is 15.9 Å². The van der Waals surface area contributed by atoms with Gasteiger partial charge >= 0.3 is 0 Å². The van der Waals surface area contributed by atoms with Gasteiger partial charge in [0, 0.05) is 18.5 Å². The number of unbranched alkanes of at least 4 members (excludes halogenated alkanes) is 1. The van der Waals surface area contributed by atoms with E-state index in [9.17, 15) is 0 Å². The normalized spacial score (nSPS) is 22.9. The van der Waals surface area contributed by atoms with Crippen molar-refractivity contribution in [3.63, 3.8) is 0 Å². The lowest BCUT2D eigenvalue weighted by Gasteiger charge is -2.26. The molecule has 1 heterocycles. The third-order valence-electron chi connectivity index (χ3n) is 2.75. The summed E-state index contributed by atoms with van der Waals surface area (Å²) in [6.07, 6.45) is 5.18. The van der Waals surface area contributed by atoms with E-state index in [1.54, 1.807) is 0 Å². The maximum atomic E-state index is 5.47. The predicted molar refractivity (Wildman–Crippen MR) is 64.1 cm³/mol. The van der Waals surface area contributed by atoms with E-state index in [1.165, 1.54) is 38.8 Å². The lowest BCUT2D eigenvalue weighted by Crippen LogP contribution is -2.31. The SMILES string of the molecule is CN(CCCCBr)CC1CCCOC1. The van der Waals surface area contributed by atoms with E-state index >= 15 is 0 Å². The zero-order valence-electron chi connectivity index (χ0n) is 9.17. The summed E-state index contributed by atoms with van der Waals surface area (Å²) >= 11 is 3.46. The summed E-state index contributed by atoms with van der Waals surface area (Å²) in [4.78, 5) is 2.45. The van der Waals surface area contributed by atoms with Crippen molar-refractivity contribution in [3.8, 4) is 0 Å². The van der Waals surface area contributed by atoms with E-state index < -0.39 is 0 Å². The van der Waals surface area contributed by atoms with Gasteiger partial charge in [-0.3, -0.25) is 0 Å². The summed E-state index contributed by atoms with van der Waals surface area (Å²) in [5.74, 6) is 0.776. The zero-order valence-corrected chi connectivity index (χ0v) is 10.8. The molecule has 14 heavy (non-hydrogen) atoms. The van der Waals surface area contributed by atoms with Crippen molar-refractivity contribution in [1.82, 2.24) is 4.90 Å². The molecule has 0 aliphatic carbocycles. The summed E-state index contributed by atoms with van der Waals surface area (Å²) in [6, 6.07) is 0. The van der Waals surface area contributed by atoms with Crippen molar-refractivity contribution in [2.24, 2.45) is 5.92 Å². The molecule has 1 unspecified atom stereocenters. The molecule has 0 aromatic heterocycles. The van der Waals surface area contributed by atoms with Crippen molar-refractivity contribution in [2.45, 2.75) is 25.7 Å². The number of rotatable bonds is 6. The first-order valence-corrected chi connectivity index (χ1v) is 6.77.